The number of nitrogens with one attached hydrogen (secondary N) is 1. The molecular weight excluding hydrogens is 314 g/mol. The predicted molar refractivity (Wildman–Crippen MR) is 93.7 cm³/mol. The van der Waals surface area contributed by atoms with Gasteiger partial charge < -0.3 is 15.8 Å². The van der Waals surface area contributed by atoms with Gasteiger partial charge in [-0.15, -0.1) is 12.4 Å². The second-order valence-electron chi connectivity index (χ2n) is 5.99. The van der Waals surface area contributed by atoms with Crippen molar-refractivity contribution < 1.29 is 9.53 Å². The van der Waals surface area contributed by atoms with Gasteiger partial charge in [0.15, 0.2) is 0 Å². The van der Waals surface area contributed by atoms with Crippen LogP contribution in [0.4, 0.5) is 0 Å². The number of hydrogen-bond acceptors (Lipinski definition) is 4. The average molecular weight is 342 g/mol. The maximum Gasteiger partial charge on any atom is 0.237 e. The second kappa shape index (κ2) is 10.4. The normalized spacial score (nSPS) is 16.3. The van der Waals surface area contributed by atoms with E-state index in [1.165, 1.54) is 19.3 Å². The topological polar surface area (TPSA) is 77.2 Å². The Balaban J connectivity index is 0.00000264. The Morgan fingerprint density at radius 2 is 2.17 bits per heavy atom. The van der Waals surface area contributed by atoms with E-state index in [0.717, 1.165) is 24.8 Å². The molecule has 0 aliphatic heterocycles. The number of ether oxygens (including phenoxy) is 1. The number of pyridine rings is 1. The Labute approximate surface area is 144 Å². The number of carbonyl (C=O) groups is 1. The lowest BCUT2D eigenvalue weighted by atomic mass is 9.98. The molecule has 1 amide bonds. The van der Waals surface area contributed by atoms with Crippen LogP contribution in [0.25, 0.3) is 0 Å². The zero-order valence-corrected chi connectivity index (χ0v) is 14.6. The molecule has 130 valence electrons. The molecule has 0 saturated heterocycles. The number of hydrogen-bond donors (Lipinski definition) is 2. The van der Waals surface area contributed by atoms with Crippen LogP contribution in [0.2, 0.25) is 0 Å². The van der Waals surface area contributed by atoms with E-state index in [1.54, 1.807) is 6.20 Å². The van der Waals surface area contributed by atoms with Crippen molar-refractivity contribution in [3.05, 3.63) is 23.9 Å². The Morgan fingerprint density at radius 1 is 1.43 bits per heavy atom. The highest BCUT2D eigenvalue weighted by Gasteiger charge is 2.16. The zero-order chi connectivity index (χ0) is 15.8. The van der Waals surface area contributed by atoms with Crippen molar-refractivity contribution in [2.75, 3.05) is 0 Å². The first-order valence-electron chi connectivity index (χ1n) is 8.34. The van der Waals surface area contributed by atoms with E-state index in [9.17, 15) is 4.79 Å². The van der Waals surface area contributed by atoms with Crippen LogP contribution in [-0.2, 0) is 11.3 Å². The van der Waals surface area contributed by atoms with Gasteiger partial charge in [0.05, 0.1) is 6.04 Å². The van der Waals surface area contributed by atoms with E-state index in [4.69, 9.17) is 10.5 Å². The largest absolute Gasteiger partial charge is 0.474 e. The molecule has 1 aliphatic carbocycles. The molecule has 1 aliphatic rings. The first-order valence-corrected chi connectivity index (χ1v) is 8.34. The number of carbonyl (C=O) groups excluding carboxylic acids is 1. The summed E-state index contributed by atoms with van der Waals surface area (Å²) in [6, 6.07) is 3.37. The van der Waals surface area contributed by atoms with Gasteiger partial charge in [0, 0.05) is 18.8 Å². The number of aromatic nitrogens is 1. The Morgan fingerprint density at radius 3 is 2.87 bits per heavy atom. The summed E-state index contributed by atoms with van der Waals surface area (Å²) >= 11 is 0. The van der Waals surface area contributed by atoms with Crippen LogP contribution in [0.3, 0.4) is 0 Å². The van der Waals surface area contributed by atoms with Gasteiger partial charge in [-0.05, 0) is 43.7 Å². The molecule has 1 fully saturated rings. The molecule has 0 radical (unpaired) electrons. The summed E-state index contributed by atoms with van der Waals surface area (Å²) in [7, 11) is 0. The molecule has 0 aromatic carbocycles. The molecule has 0 bridgehead atoms. The molecule has 1 heterocycles. The number of rotatable bonds is 7. The Bertz CT molecular complexity index is 479. The van der Waals surface area contributed by atoms with Gasteiger partial charge >= 0.3 is 0 Å². The SMILES string of the molecule is CCCC(N)C(=O)NCc1ccnc(OC2CCCCC2)c1.Cl. The molecule has 1 unspecified atom stereocenters. The van der Waals surface area contributed by atoms with Gasteiger partial charge in [0.2, 0.25) is 11.8 Å². The average Bonchev–Trinajstić information content (AvgIpc) is 2.54. The highest BCUT2D eigenvalue weighted by molar-refractivity contribution is 5.85. The Hall–Kier alpha value is -1.33. The summed E-state index contributed by atoms with van der Waals surface area (Å²) in [5, 5.41) is 2.87. The van der Waals surface area contributed by atoms with Crippen LogP contribution >= 0.6 is 12.4 Å². The summed E-state index contributed by atoms with van der Waals surface area (Å²) in [4.78, 5) is 16.1. The molecular formula is C17H28ClN3O2. The summed E-state index contributed by atoms with van der Waals surface area (Å²) < 4.78 is 5.94. The van der Waals surface area contributed by atoms with Crippen LogP contribution in [0, 0.1) is 0 Å². The van der Waals surface area contributed by atoms with E-state index < -0.39 is 6.04 Å². The molecule has 1 saturated carbocycles. The van der Waals surface area contributed by atoms with E-state index in [-0.39, 0.29) is 24.4 Å². The van der Waals surface area contributed by atoms with Crippen molar-refractivity contribution in [2.24, 2.45) is 5.73 Å². The highest BCUT2D eigenvalue weighted by atomic mass is 35.5. The monoisotopic (exact) mass is 341 g/mol. The van der Waals surface area contributed by atoms with Gasteiger partial charge in [0.1, 0.15) is 6.10 Å². The molecule has 0 spiro atoms. The maximum absolute atomic E-state index is 11.8. The quantitative estimate of drug-likeness (QED) is 0.799. The van der Waals surface area contributed by atoms with Crippen molar-refractivity contribution in [2.45, 2.75) is 70.6 Å². The molecule has 1 aromatic heterocycles. The molecule has 5 nitrogen and oxygen atoms in total. The minimum absolute atomic E-state index is 0. The van der Waals surface area contributed by atoms with Crippen LogP contribution < -0.4 is 15.8 Å². The van der Waals surface area contributed by atoms with Gasteiger partial charge in [-0.1, -0.05) is 19.8 Å². The minimum Gasteiger partial charge on any atom is -0.474 e. The van der Waals surface area contributed by atoms with Crippen molar-refractivity contribution in [3.63, 3.8) is 0 Å². The van der Waals surface area contributed by atoms with Gasteiger partial charge in [-0.25, -0.2) is 4.98 Å². The van der Waals surface area contributed by atoms with Gasteiger partial charge in [-0.2, -0.15) is 0 Å². The fourth-order valence-corrected chi connectivity index (χ4v) is 2.74. The van der Waals surface area contributed by atoms with Gasteiger partial charge in [-0.3, -0.25) is 4.79 Å². The second-order valence-corrected chi connectivity index (χ2v) is 5.99. The first-order chi connectivity index (χ1) is 10.7. The lowest BCUT2D eigenvalue weighted by Crippen LogP contribution is -2.40. The van der Waals surface area contributed by atoms with Crippen LogP contribution in [0.5, 0.6) is 5.88 Å². The number of amides is 1. The van der Waals surface area contributed by atoms with Crippen molar-refractivity contribution >= 4 is 18.3 Å². The lowest BCUT2D eigenvalue weighted by Gasteiger charge is -2.22. The van der Waals surface area contributed by atoms with Crippen LogP contribution in [-0.4, -0.2) is 23.0 Å². The van der Waals surface area contributed by atoms with Crippen molar-refractivity contribution in [1.82, 2.24) is 10.3 Å². The molecule has 1 atom stereocenters. The number of nitrogens with two attached hydrogens (primary N) is 1. The Kier molecular flexibility index (Phi) is 8.95. The molecule has 23 heavy (non-hydrogen) atoms. The number of nitrogens with zero attached hydrogens (tertiary/aromatic N) is 1. The van der Waals surface area contributed by atoms with E-state index in [1.807, 2.05) is 19.1 Å². The summed E-state index contributed by atoms with van der Waals surface area (Å²) in [6.07, 6.45) is 9.60. The molecule has 1 aromatic rings. The standard InChI is InChI=1S/C17H27N3O2.ClH/c1-2-6-15(18)17(21)20-12-13-9-10-19-16(11-13)22-14-7-4-3-5-8-14;/h9-11,14-15H,2-8,12,18H2,1H3,(H,20,21);1H. The minimum atomic E-state index is -0.426. The first kappa shape index (κ1) is 19.7. The highest BCUT2D eigenvalue weighted by Crippen LogP contribution is 2.22. The smallest absolute Gasteiger partial charge is 0.237 e. The third kappa shape index (κ3) is 6.75. The zero-order valence-electron chi connectivity index (χ0n) is 13.8. The molecule has 6 heteroatoms. The van der Waals surface area contributed by atoms with Crippen LogP contribution in [0.15, 0.2) is 18.3 Å². The van der Waals surface area contributed by atoms with Crippen LogP contribution in [0.1, 0.15) is 57.4 Å². The fraction of sp³-hybridized carbons (Fsp3) is 0.647. The van der Waals surface area contributed by atoms with Gasteiger partial charge in [0.25, 0.3) is 0 Å². The maximum atomic E-state index is 11.8. The van der Waals surface area contributed by atoms with E-state index in [2.05, 4.69) is 10.3 Å². The van der Waals surface area contributed by atoms with E-state index >= 15 is 0 Å². The summed E-state index contributed by atoms with van der Waals surface area (Å²) in [5.41, 5.74) is 6.78. The van der Waals surface area contributed by atoms with E-state index in [0.29, 0.717) is 18.8 Å². The third-order valence-electron chi connectivity index (χ3n) is 4.04. The third-order valence-corrected chi connectivity index (χ3v) is 4.04. The predicted octanol–water partition coefficient (Wildman–Crippen LogP) is 2.96. The fourth-order valence-electron chi connectivity index (χ4n) is 2.74. The van der Waals surface area contributed by atoms with Crippen molar-refractivity contribution in [1.29, 1.82) is 0 Å². The molecule has 3 N–H and O–H groups in total. The number of halogens is 1. The lowest BCUT2D eigenvalue weighted by molar-refractivity contribution is -0.122. The summed E-state index contributed by atoms with van der Waals surface area (Å²) in [6.45, 7) is 2.48. The summed E-state index contributed by atoms with van der Waals surface area (Å²) in [5.74, 6) is 0.546. The molecule has 2 rings (SSSR count). The van der Waals surface area contributed by atoms with Crippen molar-refractivity contribution in [3.8, 4) is 5.88 Å².